The quantitative estimate of drug-likeness (QED) is 0.631. The van der Waals surface area contributed by atoms with Gasteiger partial charge >= 0.3 is 0 Å². The molecule has 0 radical (unpaired) electrons. The van der Waals surface area contributed by atoms with Gasteiger partial charge < -0.3 is 9.80 Å². The highest BCUT2D eigenvalue weighted by molar-refractivity contribution is 6.33. The largest absolute Gasteiger partial charge is 0.368 e. The van der Waals surface area contributed by atoms with Gasteiger partial charge in [-0.25, -0.2) is 9.07 Å². The van der Waals surface area contributed by atoms with Crippen molar-refractivity contribution >= 4 is 23.0 Å². The van der Waals surface area contributed by atoms with Gasteiger partial charge in [-0.05, 0) is 48.7 Å². The number of benzene rings is 2. The standard InChI is InChI=1S/C23H24ClFN4O/c1-16-4-3-5-20(17(16)2)27-10-12-28(13-11-27)21-14-26-29(23(30)22(21)24)15-18-6-8-19(25)9-7-18/h3-9,14H,10-13,15H2,1-2H3. The topological polar surface area (TPSA) is 41.4 Å². The summed E-state index contributed by atoms with van der Waals surface area (Å²) in [5, 5.41) is 4.48. The molecule has 1 aliphatic heterocycles. The van der Waals surface area contributed by atoms with E-state index >= 15 is 0 Å². The number of aromatic nitrogens is 2. The van der Waals surface area contributed by atoms with Crippen LogP contribution in [-0.2, 0) is 6.54 Å². The molecule has 4 rings (SSSR count). The molecule has 1 aliphatic rings. The lowest BCUT2D eigenvalue weighted by atomic mass is 10.1. The van der Waals surface area contributed by atoms with Crippen molar-refractivity contribution in [3.05, 3.63) is 86.5 Å². The molecule has 156 valence electrons. The Morgan fingerprint density at radius 2 is 1.60 bits per heavy atom. The van der Waals surface area contributed by atoms with Crippen LogP contribution in [0.15, 0.2) is 53.5 Å². The Bertz CT molecular complexity index is 1110. The van der Waals surface area contributed by atoms with Crippen molar-refractivity contribution in [3.63, 3.8) is 0 Å². The zero-order chi connectivity index (χ0) is 21.3. The van der Waals surface area contributed by atoms with E-state index in [1.54, 1.807) is 18.3 Å². The predicted octanol–water partition coefficient (Wildman–Crippen LogP) is 4.03. The van der Waals surface area contributed by atoms with Crippen LogP contribution < -0.4 is 15.4 Å². The van der Waals surface area contributed by atoms with Crippen LogP contribution in [0.2, 0.25) is 5.02 Å². The van der Waals surface area contributed by atoms with E-state index in [9.17, 15) is 9.18 Å². The van der Waals surface area contributed by atoms with E-state index in [2.05, 4.69) is 46.9 Å². The first kappa shape index (κ1) is 20.4. The summed E-state index contributed by atoms with van der Waals surface area (Å²) in [6.45, 7) is 7.74. The maximum atomic E-state index is 13.1. The molecule has 30 heavy (non-hydrogen) atoms. The average molecular weight is 427 g/mol. The molecule has 0 unspecified atom stereocenters. The van der Waals surface area contributed by atoms with Crippen molar-refractivity contribution in [2.75, 3.05) is 36.0 Å². The van der Waals surface area contributed by atoms with E-state index in [0.717, 1.165) is 31.7 Å². The third-order valence-electron chi connectivity index (χ3n) is 5.75. The van der Waals surface area contributed by atoms with Crippen LogP contribution in [-0.4, -0.2) is 36.0 Å². The third kappa shape index (κ3) is 4.05. The van der Waals surface area contributed by atoms with Gasteiger partial charge in [0.2, 0.25) is 0 Å². The molecule has 5 nitrogen and oxygen atoms in total. The van der Waals surface area contributed by atoms with Crippen molar-refractivity contribution in [1.29, 1.82) is 0 Å². The maximum absolute atomic E-state index is 13.1. The van der Waals surface area contributed by atoms with Crippen LogP contribution >= 0.6 is 11.6 Å². The molecule has 0 saturated carbocycles. The monoisotopic (exact) mass is 426 g/mol. The molecule has 0 amide bonds. The lowest BCUT2D eigenvalue weighted by molar-refractivity contribution is 0.614. The highest BCUT2D eigenvalue weighted by Crippen LogP contribution is 2.27. The highest BCUT2D eigenvalue weighted by atomic mass is 35.5. The summed E-state index contributed by atoms with van der Waals surface area (Å²) >= 11 is 6.43. The van der Waals surface area contributed by atoms with E-state index < -0.39 is 0 Å². The first-order valence-corrected chi connectivity index (χ1v) is 10.4. The van der Waals surface area contributed by atoms with Crippen molar-refractivity contribution in [2.24, 2.45) is 0 Å². The Balaban J connectivity index is 1.49. The summed E-state index contributed by atoms with van der Waals surface area (Å²) in [6.07, 6.45) is 1.65. The summed E-state index contributed by atoms with van der Waals surface area (Å²) < 4.78 is 14.4. The second-order valence-corrected chi connectivity index (χ2v) is 8.00. The first-order valence-electron chi connectivity index (χ1n) is 10.00. The SMILES string of the molecule is Cc1cccc(N2CCN(c3cnn(Cc4ccc(F)cc4)c(=O)c3Cl)CC2)c1C. The summed E-state index contributed by atoms with van der Waals surface area (Å²) in [6, 6.07) is 12.4. The molecule has 2 heterocycles. The molecule has 1 aromatic heterocycles. The molecule has 2 aromatic carbocycles. The Morgan fingerprint density at radius 1 is 0.967 bits per heavy atom. The molecule has 0 aliphatic carbocycles. The summed E-state index contributed by atoms with van der Waals surface area (Å²) in [5.74, 6) is -0.313. The molecule has 7 heteroatoms. The minimum Gasteiger partial charge on any atom is -0.368 e. The highest BCUT2D eigenvalue weighted by Gasteiger charge is 2.22. The van der Waals surface area contributed by atoms with Gasteiger partial charge in [-0.1, -0.05) is 35.9 Å². The van der Waals surface area contributed by atoms with Crippen LogP contribution in [0.25, 0.3) is 0 Å². The van der Waals surface area contributed by atoms with Crippen molar-refractivity contribution in [1.82, 2.24) is 9.78 Å². The molecule has 0 atom stereocenters. The zero-order valence-corrected chi connectivity index (χ0v) is 17.9. The van der Waals surface area contributed by atoms with Crippen molar-refractivity contribution in [2.45, 2.75) is 20.4 Å². The van der Waals surface area contributed by atoms with E-state index in [1.165, 1.54) is 33.6 Å². The number of hydrogen-bond acceptors (Lipinski definition) is 4. The van der Waals surface area contributed by atoms with Gasteiger partial charge in [0.15, 0.2) is 0 Å². The van der Waals surface area contributed by atoms with Crippen LogP contribution in [0.4, 0.5) is 15.8 Å². The number of rotatable bonds is 4. The number of piperazine rings is 1. The summed E-state index contributed by atoms with van der Waals surface area (Å²) in [5.41, 5.74) is 4.96. The first-order chi connectivity index (χ1) is 14.4. The normalized spacial score (nSPS) is 14.3. The molecule has 3 aromatic rings. The lowest BCUT2D eigenvalue weighted by Gasteiger charge is -2.38. The minimum absolute atomic E-state index is 0.173. The van der Waals surface area contributed by atoms with Gasteiger partial charge in [0, 0.05) is 31.9 Å². The predicted molar refractivity (Wildman–Crippen MR) is 119 cm³/mol. The van der Waals surface area contributed by atoms with Crippen LogP contribution in [0.3, 0.4) is 0 Å². The fourth-order valence-corrected chi connectivity index (χ4v) is 4.08. The smallest absolute Gasteiger partial charge is 0.287 e. The van der Waals surface area contributed by atoms with Crippen molar-refractivity contribution < 1.29 is 4.39 Å². The number of nitrogens with zero attached hydrogens (tertiary/aromatic N) is 4. The van der Waals surface area contributed by atoms with E-state index in [4.69, 9.17) is 11.6 Å². The molecule has 1 saturated heterocycles. The Labute approximate surface area is 180 Å². The summed E-state index contributed by atoms with van der Waals surface area (Å²) in [7, 11) is 0. The van der Waals surface area contributed by atoms with Gasteiger partial charge in [0.1, 0.15) is 10.8 Å². The number of aryl methyl sites for hydroxylation is 1. The maximum Gasteiger partial charge on any atom is 0.287 e. The lowest BCUT2D eigenvalue weighted by Crippen LogP contribution is -2.47. The van der Waals surface area contributed by atoms with Gasteiger partial charge in [-0.3, -0.25) is 4.79 Å². The number of hydrogen-bond donors (Lipinski definition) is 0. The number of halogens is 2. The van der Waals surface area contributed by atoms with Crippen molar-refractivity contribution in [3.8, 4) is 0 Å². The third-order valence-corrected chi connectivity index (χ3v) is 6.10. The van der Waals surface area contributed by atoms with Crippen LogP contribution in [0.5, 0.6) is 0 Å². The number of anilines is 2. The Morgan fingerprint density at radius 3 is 2.27 bits per heavy atom. The fourth-order valence-electron chi connectivity index (χ4n) is 3.82. The molecule has 0 spiro atoms. The molecular formula is C23H24ClFN4O. The Hall–Kier alpha value is -2.86. The van der Waals surface area contributed by atoms with E-state index in [1.807, 2.05) is 0 Å². The van der Waals surface area contributed by atoms with Gasteiger partial charge in [-0.15, -0.1) is 0 Å². The molecule has 0 bridgehead atoms. The second-order valence-electron chi connectivity index (χ2n) is 7.63. The van der Waals surface area contributed by atoms with Crippen LogP contribution in [0, 0.1) is 19.7 Å². The van der Waals surface area contributed by atoms with Gasteiger partial charge in [-0.2, -0.15) is 5.10 Å². The Kier molecular flexibility index (Phi) is 5.77. The average Bonchev–Trinajstić information content (AvgIpc) is 2.75. The van der Waals surface area contributed by atoms with E-state index in [-0.39, 0.29) is 22.9 Å². The molecule has 1 fully saturated rings. The fraction of sp³-hybridized carbons (Fsp3) is 0.304. The van der Waals surface area contributed by atoms with E-state index in [0.29, 0.717) is 5.69 Å². The zero-order valence-electron chi connectivity index (χ0n) is 17.1. The van der Waals surface area contributed by atoms with Gasteiger partial charge in [0.25, 0.3) is 5.56 Å². The van der Waals surface area contributed by atoms with Gasteiger partial charge in [0.05, 0.1) is 18.4 Å². The second kappa shape index (κ2) is 8.48. The van der Waals surface area contributed by atoms with Crippen LogP contribution in [0.1, 0.15) is 16.7 Å². The summed E-state index contributed by atoms with van der Waals surface area (Å²) in [4.78, 5) is 17.2. The minimum atomic E-state index is -0.338. The molecule has 0 N–H and O–H groups in total. The molecular weight excluding hydrogens is 403 g/mol.